The normalized spacial score (nSPS) is 10.2. The van der Waals surface area contributed by atoms with Gasteiger partial charge in [-0.25, -0.2) is 0 Å². The molecular formula is C14H13Br2N3O2. The van der Waals surface area contributed by atoms with Crippen LogP contribution in [-0.4, -0.2) is 11.5 Å². The molecule has 0 fully saturated rings. The van der Waals surface area contributed by atoms with E-state index in [9.17, 15) is 10.1 Å². The van der Waals surface area contributed by atoms with Gasteiger partial charge in [-0.3, -0.25) is 10.1 Å². The summed E-state index contributed by atoms with van der Waals surface area (Å²) >= 11 is 6.86. The Labute approximate surface area is 139 Å². The standard InChI is InChI=1S/C14H13Br2N3O2/c1-2-17-10-6-11(8-12(7-10)19(20)21)18-14-5-9(15)3-4-13(14)16/h3-8,17-18H,2H2,1H3. The topological polar surface area (TPSA) is 67.2 Å². The highest BCUT2D eigenvalue weighted by atomic mass is 79.9. The van der Waals surface area contributed by atoms with Crippen LogP contribution in [0.5, 0.6) is 0 Å². The fourth-order valence-corrected chi connectivity index (χ4v) is 2.55. The van der Waals surface area contributed by atoms with Gasteiger partial charge in [0.05, 0.1) is 10.6 Å². The number of nitro benzene ring substituents is 1. The van der Waals surface area contributed by atoms with Crippen molar-refractivity contribution in [2.24, 2.45) is 0 Å². The predicted octanol–water partition coefficient (Wildman–Crippen LogP) is 5.30. The smallest absolute Gasteiger partial charge is 0.273 e. The Morgan fingerprint density at radius 3 is 2.52 bits per heavy atom. The second-order valence-corrected chi connectivity index (χ2v) is 6.08. The molecule has 2 aromatic rings. The molecule has 0 aliphatic rings. The highest BCUT2D eigenvalue weighted by Crippen LogP contribution is 2.31. The molecule has 110 valence electrons. The summed E-state index contributed by atoms with van der Waals surface area (Å²) in [6, 6.07) is 10.6. The van der Waals surface area contributed by atoms with Crippen molar-refractivity contribution in [1.82, 2.24) is 0 Å². The zero-order chi connectivity index (χ0) is 15.4. The third kappa shape index (κ3) is 4.18. The highest BCUT2D eigenvalue weighted by Gasteiger charge is 2.10. The lowest BCUT2D eigenvalue weighted by molar-refractivity contribution is -0.384. The molecule has 0 heterocycles. The van der Waals surface area contributed by atoms with Crippen LogP contribution in [0.25, 0.3) is 0 Å². The van der Waals surface area contributed by atoms with Gasteiger partial charge < -0.3 is 10.6 Å². The maximum atomic E-state index is 11.0. The van der Waals surface area contributed by atoms with Crippen LogP contribution in [0.4, 0.5) is 22.7 Å². The third-order valence-corrected chi connectivity index (χ3v) is 3.90. The quantitative estimate of drug-likeness (QED) is 0.514. The van der Waals surface area contributed by atoms with Crippen molar-refractivity contribution in [2.45, 2.75) is 6.92 Å². The molecule has 0 aliphatic heterocycles. The molecule has 0 spiro atoms. The average Bonchev–Trinajstić information content (AvgIpc) is 2.43. The minimum Gasteiger partial charge on any atom is -0.385 e. The van der Waals surface area contributed by atoms with E-state index in [1.807, 2.05) is 31.2 Å². The van der Waals surface area contributed by atoms with Crippen molar-refractivity contribution in [1.29, 1.82) is 0 Å². The van der Waals surface area contributed by atoms with Gasteiger partial charge in [0.2, 0.25) is 0 Å². The first-order valence-corrected chi connectivity index (χ1v) is 7.83. The van der Waals surface area contributed by atoms with Crippen molar-refractivity contribution in [3.63, 3.8) is 0 Å². The predicted molar refractivity (Wildman–Crippen MR) is 92.4 cm³/mol. The Hall–Kier alpha value is -1.60. The number of benzene rings is 2. The number of rotatable bonds is 5. The average molecular weight is 415 g/mol. The van der Waals surface area contributed by atoms with E-state index in [-0.39, 0.29) is 5.69 Å². The second kappa shape index (κ2) is 6.91. The number of halogens is 2. The molecule has 0 aliphatic carbocycles. The maximum Gasteiger partial charge on any atom is 0.273 e. The van der Waals surface area contributed by atoms with Gasteiger partial charge >= 0.3 is 0 Å². The summed E-state index contributed by atoms with van der Waals surface area (Å²) in [4.78, 5) is 10.6. The summed E-state index contributed by atoms with van der Waals surface area (Å²) in [5.41, 5.74) is 2.23. The molecule has 0 unspecified atom stereocenters. The first-order chi connectivity index (χ1) is 9.99. The van der Waals surface area contributed by atoms with Crippen molar-refractivity contribution < 1.29 is 4.92 Å². The summed E-state index contributed by atoms with van der Waals surface area (Å²) in [5, 5.41) is 17.3. The van der Waals surface area contributed by atoms with Crippen LogP contribution >= 0.6 is 31.9 Å². The monoisotopic (exact) mass is 413 g/mol. The van der Waals surface area contributed by atoms with E-state index < -0.39 is 4.92 Å². The van der Waals surface area contributed by atoms with Gasteiger partial charge in [-0.15, -0.1) is 0 Å². The van der Waals surface area contributed by atoms with E-state index in [0.29, 0.717) is 17.9 Å². The third-order valence-electron chi connectivity index (χ3n) is 2.72. The van der Waals surface area contributed by atoms with E-state index in [1.165, 1.54) is 12.1 Å². The van der Waals surface area contributed by atoms with Gasteiger partial charge in [0.1, 0.15) is 0 Å². The van der Waals surface area contributed by atoms with Crippen LogP contribution in [0, 0.1) is 10.1 Å². The molecule has 0 amide bonds. The Bertz CT molecular complexity index is 677. The molecule has 2 rings (SSSR count). The lowest BCUT2D eigenvalue weighted by Crippen LogP contribution is -2.00. The molecule has 0 aromatic heterocycles. The van der Waals surface area contributed by atoms with E-state index in [2.05, 4.69) is 42.5 Å². The minimum absolute atomic E-state index is 0.0436. The number of hydrogen-bond donors (Lipinski definition) is 2. The van der Waals surface area contributed by atoms with Gasteiger partial charge in [-0.2, -0.15) is 0 Å². The van der Waals surface area contributed by atoms with Crippen molar-refractivity contribution in [3.05, 3.63) is 55.5 Å². The maximum absolute atomic E-state index is 11.0. The summed E-state index contributed by atoms with van der Waals surface area (Å²) in [7, 11) is 0. The van der Waals surface area contributed by atoms with Gasteiger partial charge in [0.25, 0.3) is 5.69 Å². The molecular weight excluding hydrogens is 402 g/mol. The second-order valence-electron chi connectivity index (χ2n) is 4.31. The van der Waals surface area contributed by atoms with Gasteiger partial charge in [0, 0.05) is 39.0 Å². The first kappa shape index (κ1) is 15.8. The summed E-state index contributed by atoms with van der Waals surface area (Å²) in [5.74, 6) is 0. The van der Waals surface area contributed by atoms with E-state index in [4.69, 9.17) is 0 Å². The van der Waals surface area contributed by atoms with Gasteiger partial charge in [0.15, 0.2) is 0 Å². The van der Waals surface area contributed by atoms with Crippen LogP contribution in [0.1, 0.15) is 6.92 Å². The van der Waals surface area contributed by atoms with E-state index in [1.54, 1.807) is 0 Å². The lowest BCUT2D eigenvalue weighted by atomic mass is 10.2. The van der Waals surface area contributed by atoms with Crippen LogP contribution in [0.15, 0.2) is 45.3 Å². The zero-order valence-electron chi connectivity index (χ0n) is 11.2. The zero-order valence-corrected chi connectivity index (χ0v) is 14.4. The van der Waals surface area contributed by atoms with Crippen molar-refractivity contribution in [2.75, 3.05) is 17.2 Å². The fourth-order valence-electron chi connectivity index (χ4n) is 1.84. The number of nitrogens with one attached hydrogen (secondary N) is 2. The Morgan fingerprint density at radius 1 is 1.14 bits per heavy atom. The number of nitrogens with zero attached hydrogens (tertiary/aromatic N) is 1. The van der Waals surface area contributed by atoms with E-state index in [0.717, 1.165) is 14.6 Å². The molecule has 0 saturated carbocycles. The SMILES string of the molecule is CCNc1cc(Nc2cc(Br)ccc2Br)cc([N+](=O)[O-])c1. The number of hydrogen-bond acceptors (Lipinski definition) is 4. The molecule has 0 radical (unpaired) electrons. The highest BCUT2D eigenvalue weighted by molar-refractivity contribution is 9.11. The fraction of sp³-hybridized carbons (Fsp3) is 0.143. The molecule has 21 heavy (non-hydrogen) atoms. The molecule has 2 aromatic carbocycles. The Balaban J connectivity index is 2.38. The van der Waals surface area contributed by atoms with E-state index >= 15 is 0 Å². The van der Waals surface area contributed by atoms with Crippen LogP contribution in [-0.2, 0) is 0 Å². The molecule has 2 N–H and O–H groups in total. The number of anilines is 3. The summed E-state index contributed by atoms with van der Waals surface area (Å²) < 4.78 is 1.80. The minimum atomic E-state index is -0.401. The van der Waals surface area contributed by atoms with Crippen LogP contribution in [0.3, 0.4) is 0 Å². The summed E-state index contributed by atoms with van der Waals surface area (Å²) in [6.45, 7) is 2.64. The molecule has 5 nitrogen and oxygen atoms in total. The van der Waals surface area contributed by atoms with Gasteiger partial charge in [-0.05, 0) is 47.1 Å². The van der Waals surface area contributed by atoms with Gasteiger partial charge in [-0.1, -0.05) is 15.9 Å². The van der Waals surface area contributed by atoms with Crippen LogP contribution in [0.2, 0.25) is 0 Å². The number of nitro groups is 1. The largest absolute Gasteiger partial charge is 0.385 e. The summed E-state index contributed by atoms with van der Waals surface area (Å²) in [6.07, 6.45) is 0. The first-order valence-electron chi connectivity index (χ1n) is 6.25. The molecule has 0 bridgehead atoms. The Kier molecular flexibility index (Phi) is 5.19. The lowest BCUT2D eigenvalue weighted by Gasteiger charge is -2.11. The van der Waals surface area contributed by atoms with Crippen LogP contribution < -0.4 is 10.6 Å². The van der Waals surface area contributed by atoms with Crippen molar-refractivity contribution >= 4 is 54.6 Å². The Morgan fingerprint density at radius 2 is 1.86 bits per heavy atom. The molecule has 0 atom stereocenters. The molecule has 0 saturated heterocycles. The molecule has 7 heteroatoms. The number of non-ortho nitro benzene ring substituents is 1. The van der Waals surface area contributed by atoms with Crippen molar-refractivity contribution in [3.8, 4) is 0 Å².